The van der Waals surface area contributed by atoms with Gasteiger partial charge in [-0.15, -0.1) is 0 Å². The summed E-state index contributed by atoms with van der Waals surface area (Å²) in [5.41, 5.74) is 0.727. The van der Waals surface area contributed by atoms with Gasteiger partial charge in [-0.25, -0.2) is 9.48 Å². The number of nitrogens with zero attached hydrogens (tertiary/aromatic N) is 3. The lowest BCUT2D eigenvalue weighted by molar-refractivity contribution is -0.186. The number of carboxylic acid groups (broad SMARTS) is 1. The van der Waals surface area contributed by atoms with E-state index in [0.717, 1.165) is 0 Å². The van der Waals surface area contributed by atoms with Crippen molar-refractivity contribution < 1.29 is 27.9 Å². The fourth-order valence-electron chi connectivity index (χ4n) is 2.74. The molecule has 0 bridgehead atoms. The van der Waals surface area contributed by atoms with Gasteiger partial charge in [0, 0.05) is 23.6 Å². The highest BCUT2D eigenvalue weighted by atomic mass is 35.5. The van der Waals surface area contributed by atoms with Gasteiger partial charge in [-0.2, -0.15) is 18.3 Å². The maximum absolute atomic E-state index is 12.6. The standard InChI is InChI=1S/C15H11ClF3N3O3/c16-8-1-3-9(4-2-8)22-11-5-6-21(14(25)15(17,18)19)7-10(11)12(20-22)13(23)24/h1-4H,5-7H2,(H,23,24). The van der Waals surface area contributed by atoms with E-state index >= 15 is 0 Å². The van der Waals surface area contributed by atoms with Crippen molar-refractivity contribution in [3.05, 3.63) is 46.2 Å². The highest BCUT2D eigenvalue weighted by Gasteiger charge is 2.44. The van der Waals surface area contributed by atoms with Crippen LogP contribution in [0.4, 0.5) is 13.2 Å². The molecule has 2 aromatic rings. The maximum atomic E-state index is 12.6. The number of halogens is 4. The van der Waals surface area contributed by atoms with Gasteiger partial charge < -0.3 is 10.0 Å². The molecule has 3 rings (SSSR count). The third-order valence-corrected chi connectivity index (χ3v) is 4.11. The van der Waals surface area contributed by atoms with Crippen molar-refractivity contribution in [1.82, 2.24) is 14.7 Å². The number of aromatic carboxylic acids is 1. The van der Waals surface area contributed by atoms with E-state index in [1.165, 1.54) is 4.68 Å². The maximum Gasteiger partial charge on any atom is 0.471 e. The molecule has 0 unspecified atom stereocenters. The third kappa shape index (κ3) is 3.19. The Balaban J connectivity index is 2.03. The molecular formula is C15H11ClF3N3O3. The predicted molar refractivity (Wildman–Crippen MR) is 80.7 cm³/mol. The second kappa shape index (κ2) is 6.07. The molecule has 0 fully saturated rings. The van der Waals surface area contributed by atoms with Gasteiger partial charge in [0.1, 0.15) is 0 Å². The lowest BCUT2D eigenvalue weighted by atomic mass is 10.0. The Kier molecular flexibility index (Phi) is 4.19. The molecule has 2 heterocycles. The van der Waals surface area contributed by atoms with E-state index in [9.17, 15) is 27.9 Å². The van der Waals surface area contributed by atoms with Crippen LogP contribution in [-0.4, -0.2) is 44.4 Å². The highest BCUT2D eigenvalue weighted by Crippen LogP contribution is 2.29. The number of aromatic nitrogens is 2. The van der Waals surface area contributed by atoms with Gasteiger partial charge in [0.2, 0.25) is 0 Å². The van der Waals surface area contributed by atoms with Crippen LogP contribution in [0, 0.1) is 0 Å². The summed E-state index contributed by atoms with van der Waals surface area (Å²) in [5, 5.41) is 13.8. The van der Waals surface area contributed by atoms with E-state index in [4.69, 9.17) is 11.6 Å². The van der Waals surface area contributed by atoms with Crippen molar-refractivity contribution in [1.29, 1.82) is 0 Å². The molecule has 0 saturated heterocycles. The average Bonchev–Trinajstić information content (AvgIpc) is 2.93. The second-order valence-corrected chi connectivity index (χ2v) is 5.88. The molecule has 10 heteroatoms. The number of benzene rings is 1. The summed E-state index contributed by atoms with van der Waals surface area (Å²) in [5.74, 6) is -3.36. The van der Waals surface area contributed by atoms with E-state index in [0.29, 0.717) is 21.3 Å². The van der Waals surface area contributed by atoms with E-state index in [1.54, 1.807) is 24.3 Å². The molecule has 1 aliphatic rings. The normalized spacial score (nSPS) is 14.3. The van der Waals surface area contributed by atoms with Crippen LogP contribution in [0.1, 0.15) is 21.7 Å². The Labute approximate surface area is 144 Å². The second-order valence-electron chi connectivity index (χ2n) is 5.44. The van der Waals surface area contributed by atoms with Crippen LogP contribution in [0.25, 0.3) is 5.69 Å². The summed E-state index contributed by atoms with van der Waals surface area (Å²) >= 11 is 5.82. The molecule has 0 aliphatic carbocycles. The topological polar surface area (TPSA) is 75.4 Å². The van der Waals surface area contributed by atoms with Crippen LogP contribution in [-0.2, 0) is 17.8 Å². The quantitative estimate of drug-likeness (QED) is 0.878. The summed E-state index contributed by atoms with van der Waals surface area (Å²) in [6.07, 6.45) is -4.95. The molecule has 1 N–H and O–H groups in total. The molecule has 0 atom stereocenters. The van der Waals surface area contributed by atoms with E-state index in [1.807, 2.05) is 0 Å². The Morgan fingerprint density at radius 3 is 2.40 bits per heavy atom. The van der Waals surface area contributed by atoms with Gasteiger partial charge in [0.25, 0.3) is 0 Å². The first-order chi connectivity index (χ1) is 11.7. The molecule has 6 nitrogen and oxygen atoms in total. The highest BCUT2D eigenvalue weighted by molar-refractivity contribution is 6.30. The minimum absolute atomic E-state index is 0.0556. The zero-order chi connectivity index (χ0) is 18.4. The molecule has 132 valence electrons. The Bertz CT molecular complexity index is 846. The van der Waals surface area contributed by atoms with Crippen molar-refractivity contribution in [3.8, 4) is 5.69 Å². The van der Waals surface area contributed by atoms with Crippen LogP contribution >= 0.6 is 11.6 Å². The van der Waals surface area contributed by atoms with Crippen molar-refractivity contribution in [3.63, 3.8) is 0 Å². The van der Waals surface area contributed by atoms with Gasteiger partial charge in [-0.1, -0.05) is 11.6 Å². The van der Waals surface area contributed by atoms with E-state index in [2.05, 4.69) is 5.10 Å². The Morgan fingerprint density at radius 1 is 1.20 bits per heavy atom. The van der Waals surface area contributed by atoms with Crippen LogP contribution in [0.3, 0.4) is 0 Å². The average molecular weight is 374 g/mol. The van der Waals surface area contributed by atoms with E-state index in [-0.39, 0.29) is 24.2 Å². The minimum atomic E-state index is -5.01. The van der Waals surface area contributed by atoms with Gasteiger partial charge >= 0.3 is 18.1 Å². The number of amides is 1. The van der Waals surface area contributed by atoms with Gasteiger partial charge in [0.05, 0.1) is 17.9 Å². The number of rotatable bonds is 2. The number of carboxylic acids is 1. The molecule has 25 heavy (non-hydrogen) atoms. The SMILES string of the molecule is O=C(O)c1nn(-c2ccc(Cl)cc2)c2c1CN(C(=O)C(F)(F)F)CC2. The lowest BCUT2D eigenvalue weighted by Gasteiger charge is -2.28. The summed E-state index contributed by atoms with van der Waals surface area (Å²) < 4.78 is 39.3. The molecule has 1 aromatic heterocycles. The summed E-state index contributed by atoms with van der Waals surface area (Å²) in [6.45, 7) is -0.632. The summed E-state index contributed by atoms with van der Waals surface area (Å²) in [6, 6.07) is 6.42. The van der Waals surface area contributed by atoms with Crippen LogP contribution in [0.15, 0.2) is 24.3 Å². The number of carbonyl (C=O) groups excluding carboxylic acids is 1. The van der Waals surface area contributed by atoms with Crippen LogP contribution < -0.4 is 0 Å². The summed E-state index contributed by atoms with van der Waals surface area (Å²) in [4.78, 5) is 23.4. The summed E-state index contributed by atoms with van der Waals surface area (Å²) in [7, 11) is 0. The van der Waals surface area contributed by atoms with Crippen LogP contribution in [0.2, 0.25) is 5.02 Å². The number of hydrogen-bond acceptors (Lipinski definition) is 3. The van der Waals surface area contributed by atoms with Crippen molar-refractivity contribution in [2.75, 3.05) is 6.54 Å². The lowest BCUT2D eigenvalue weighted by Crippen LogP contribution is -2.44. The molecular weight excluding hydrogens is 363 g/mol. The first-order valence-electron chi connectivity index (χ1n) is 7.14. The van der Waals surface area contributed by atoms with Gasteiger partial charge in [0.15, 0.2) is 5.69 Å². The number of hydrogen-bond donors (Lipinski definition) is 1. The minimum Gasteiger partial charge on any atom is -0.476 e. The number of carbonyl (C=O) groups is 2. The fourth-order valence-corrected chi connectivity index (χ4v) is 2.87. The van der Waals surface area contributed by atoms with Gasteiger partial charge in [-0.05, 0) is 24.3 Å². The Morgan fingerprint density at radius 2 is 1.84 bits per heavy atom. The fraction of sp³-hybridized carbons (Fsp3) is 0.267. The van der Waals surface area contributed by atoms with Crippen molar-refractivity contribution >= 4 is 23.5 Å². The number of alkyl halides is 3. The predicted octanol–water partition coefficient (Wildman–Crippen LogP) is 2.67. The third-order valence-electron chi connectivity index (χ3n) is 3.86. The molecule has 1 aliphatic heterocycles. The molecule has 0 radical (unpaired) electrons. The van der Waals surface area contributed by atoms with Crippen LogP contribution in [0.5, 0.6) is 0 Å². The zero-order valence-corrected chi connectivity index (χ0v) is 13.3. The first-order valence-corrected chi connectivity index (χ1v) is 7.52. The smallest absolute Gasteiger partial charge is 0.471 e. The molecule has 1 amide bonds. The van der Waals surface area contributed by atoms with Crippen molar-refractivity contribution in [2.24, 2.45) is 0 Å². The molecule has 0 spiro atoms. The molecule has 0 saturated carbocycles. The van der Waals surface area contributed by atoms with E-state index < -0.39 is 24.6 Å². The molecule has 1 aromatic carbocycles. The largest absolute Gasteiger partial charge is 0.476 e. The van der Waals surface area contributed by atoms with Crippen molar-refractivity contribution in [2.45, 2.75) is 19.1 Å². The first kappa shape index (κ1) is 17.3. The Hall–Kier alpha value is -2.55. The zero-order valence-electron chi connectivity index (χ0n) is 12.5. The monoisotopic (exact) mass is 373 g/mol. The van der Waals surface area contributed by atoms with Gasteiger partial charge in [-0.3, -0.25) is 4.79 Å². The number of fused-ring (bicyclic) bond motifs is 1.